The number of thioether (sulfide) groups is 1. The van der Waals surface area contributed by atoms with Crippen molar-refractivity contribution in [3.63, 3.8) is 0 Å². The Labute approximate surface area is 164 Å². The van der Waals surface area contributed by atoms with E-state index in [9.17, 15) is 4.79 Å². The number of amides is 1. The maximum Gasteiger partial charge on any atom is 0.248 e. The zero-order valence-electron chi connectivity index (χ0n) is 15.1. The van der Waals surface area contributed by atoms with E-state index < -0.39 is 0 Å². The molecule has 0 aromatic heterocycles. The first-order chi connectivity index (χ1) is 13.2. The number of hydrogen-bond acceptors (Lipinski definition) is 3. The van der Waals surface area contributed by atoms with E-state index in [0.29, 0.717) is 6.61 Å². The zero-order chi connectivity index (χ0) is 18.9. The molecule has 0 aliphatic heterocycles. The highest BCUT2D eigenvalue weighted by Crippen LogP contribution is 2.19. The Bertz CT molecular complexity index is 922. The molecule has 3 nitrogen and oxygen atoms in total. The Kier molecular flexibility index (Phi) is 6.72. The van der Waals surface area contributed by atoms with E-state index in [0.717, 1.165) is 27.5 Å². The predicted octanol–water partition coefficient (Wildman–Crippen LogP) is 5.64. The number of hydrogen-bond donors (Lipinski definition) is 1. The number of carbonyl (C=O) groups is 1. The third kappa shape index (κ3) is 6.04. The highest BCUT2D eigenvalue weighted by atomic mass is 32.2. The van der Waals surface area contributed by atoms with Gasteiger partial charge in [-0.2, -0.15) is 0 Å². The van der Waals surface area contributed by atoms with Crippen LogP contribution in [0.15, 0.2) is 89.8 Å². The fourth-order valence-electron chi connectivity index (χ4n) is 2.51. The summed E-state index contributed by atoms with van der Waals surface area (Å²) in [6.07, 6.45) is 5.32. The smallest absolute Gasteiger partial charge is 0.248 e. The second-order valence-corrected chi connectivity index (χ2v) is 6.78. The summed E-state index contributed by atoms with van der Waals surface area (Å²) in [5, 5.41) is 2.88. The Morgan fingerprint density at radius 3 is 2.63 bits per heavy atom. The van der Waals surface area contributed by atoms with Crippen LogP contribution < -0.4 is 10.1 Å². The molecule has 4 heteroatoms. The van der Waals surface area contributed by atoms with Gasteiger partial charge in [0.15, 0.2) is 0 Å². The van der Waals surface area contributed by atoms with Crippen molar-refractivity contribution in [2.24, 2.45) is 0 Å². The van der Waals surface area contributed by atoms with Gasteiger partial charge in [-0.25, -0.2) is 0 Å². The number of anilines is 1. The lowest BCUT2D eigenvalue weighted by atomic mass is 10.2. The summed E-state index contributed by atoms with van der Waals surface area (Å²) in [4.78, 5) is 13.3. The Hall–Kier alpha value is -2.98. The summed E-state index contributed by atoms with van der Waals surface area (Å²) in [6, 6.07) is 25.5. The van der Waals surface area contributed by atoms with Crippen molar-refractivity contribution in [2.75, 3.05) is 11.6 Å². The normalized spacial score (nSPS) is 10.7. The van der Waals surface area contributed by atoms with Crippen LogP contribution in [0.5, 0.6) is 5.75 Å². The Morgan fingerprint density at radius 1 is 1.00 bits per heavy atom. The second kappa shape index (κ2) is 9.64. The van der Waals surface area contributed by atoms with Crippen LogP contribution in [0.3, 0.4) is 0 Å². The summed E-state index contributed by atoms with van der Waals surface area (Å²) in [7, 11) is 0. The molecule has 0 heterocycles. The fourth-order valence-corrected chi connectivity index (χ4v) is 2.97. The van der Waals surface area contributed by atoms with Crippen LogP contribution in [0.25, 0.3) is 6.08 Å². The van der Waals surface area contributed by atoms with Crippen molar-refractivity contribution in [1.29, 1.82) is 0 Å². The summed E-state index contributed by atoms with van der Waals surface area (Å²) >= 11 is 1.64. The Balaban J connectivity index is 1.58. The number of carbonyl (C=O) groups excluding carboxylic acids is 1. The maximum absolute atomic E-state index is 12.1. The average Bonchev–Trinajstić information content (AvgIpc) is 2.72. The molecule has 3 rings (SSSR count). The van der Waals surface area contributed by atoms with E-state index >= 15 is 0 Å². The quantitative estimate of drug-likeness (QED) is 0.429. The first kappa shape index (κ1) is 18.8. The van der Waals surface area contributed by atoms with Crippen LogP contribution in [-0.4, -0.2) is 12.2 Å². The summed E-state index contributed by atoms with van der Waals surface area (Å²) in [5.74, 6) is 0.609. The largest absolute Gasteiger partial charge is 0.489 e. The highest BCUT2D eigenvalue weighted by Gasteiger charge is 2.00. The van der Waals surface area contributed by atoms with E-state index in [2.05, 4.69) is 5.32 Å². The van der Waals surface area contributed by atoms with Gasteiger partial charge in [-0.05, 0) is 53.8 Å². The first-order valence-corrected chi connectivity index (χ1v) is 9.85. The molecule has 0 bridgehead atoms. The number of ether oxygens (including phenoxy) is 1. The van der Waals surface area contributed by atoms with Gasteiger partial charge in [0.2, 0.25) is 5.91 Å². The summed E-state index contributed by atoms with van der Waals surface area (Å²) < 4.78 is 5.82. The molecule has 136 valence electrons. The molecule has 0 aliphatic rings. The van der Waals surface area contributed by atoms with Crippen LogP contribution in [-0.2, 0) is 11.4 Å². The second-order valence-electron chi connectivity index (χ2n) is 5.90. The molecule has 3 aromatic carbocycles. The van der Waals surface area contributed by atoms with Crippen molar-refractivity contribution in [3.8, 4) is 5.75 Å². The van der Waals surface area contributed by atoms with Crippen molar-refractivity contribution < 1.29 is 9.53 Å². The van der Waals surface area contributed by atoms with Gasteiger partial charge in [-0.3, -0.25) is 4.79 Å². The van der Waals surface area contributed by atoms with E-state index in [1.54, 1.807) is 17.8 Å². The fraction of sp³-hybridized carbons (Fsp3) is 0.0870. The lowest BCUT2D eigenvalue weighted by Gasteiger charge is -2.07. The topological polar surface area (TPSA) is 38.3 Å². The molecule has 27 heavy (non-hydrogen) atoms. The molecule has 0 spiro atoms. The minimum absolute atomic E-state index is 0.163. The van der Waals surface area contributed by atoms with E-state index in [4.69, 9.17) is 4.74 Å². The zero-order valence-corrected chi connectivity index (χ0v) is 15.9. The molecule has 1 N–H and O–H groups in total. The third-order valence-corrected chi connectivity index (χ3v) is 4.60. The molecule has 0 saturated heterocycles. The molecule has 0 atom stereocenters. The minimum atomic E-state index is -0.163. The van der Waals surface area contributed by atoms with Crippen LogP contribution in [0.1, 0.15) is 11.1 Å². The molecule has 0 aliphatic carbocycles. The van der Waals surface area contributed by atoms with E-state index in [1.165, 1.54) is 6.08 Å². The molecule has 1 amide bonds. The molecular weight excluding hydrogens is 354 g/mol. The van der Waals surface area contributed by atoms with Gasteiger partial charge in [0.1, 0.15) is 12.4 Å². The summed E-state index contributed by atoms with van der Waals surface area (Å²) in [5.41, 5.74) is 2.82. The van der Waals surface area contributed by atoms with E-state index in [1.807, 2.05) is 85.1 Å². The van der Waals surface area contributed by atoms with E-state index in [-0.39, 0.29) is 5.91 Å². The monoisotopic (exact) mass is 375 g/mol. The van der Waals surface area contributed by atoms with Crippen molar-refractivity contribution >= 4 is 29.4 Å². The third-order valence-electron chi connectivity index (χ3n) is 3.87. The van der Waals surface area contributed by atoms with Gasteiger partial charge in [0, 0.05) is 16.7 Å². The summed E-state index contributed by atoms with van der Waals surface area (Å²) in [6.45, 7) is 0.514. The molecule has 0 radical (unpaired) electrons. The molecule has 3 aromatic rings. The van der Waals surface area contributed by atoms with Crippen LogP contribution in [0.4, 0.5) is 5.69 Å². The first-order valence-electron chi connectivity index (χ1n) is 8.63. The molecule has 0 fully saturated rings. The highest BCUT2D eigenvalue weighted by molar-refractivity contribution is 7.98. The van der Waals surface area contributed by atoms with Crippen molar-refractivity contribution in [1.82, 2.24) is 0 Å². The molecular formula is C23H21NO2S. The standard InChI is InChI=1S/C23H21NO2S/c1-27-22-12-6-10-20(16-22)24-23(25)14-13-18-9-5-11-21(15-18)26-17-19-7-3-2-4-8-19/h2-16H,17H2,1H3,(H,24,25)/b14-13+. The maximum atomic E-state index is 12.1. The van der Waals surface area contributed by atoms with Gasteiger partial charge in [-0.15, -0.1) is 11.8 Å². The Morgan fingerprint density at radius 2 is 1.81 bits per heavy atom. The minimum Gasteiger partial charge on any atom is -0.489 e. The molecule has 0 unspecified atom stereocenters. The SMILES string of the molecule is CSc1cccc(NC(=O)/C=C/c2cccc(OCc3ccccc3)c2)c1. The van der Waals surface area contributed by atoms with Crippen LogP contribution >= 0.6 is 11.8 Å². The predicted molar refractivity (Wildman–Crippen MR) is 113 cm³/mol. The van der Waals surface area contributed by atoms with Gasteiger partial charge in [0.05, 0.1) is 0 Å². The van der Waals surface area contributed by atoms with Crippen LogP contribution in [0.2, 0.25) is 0 Å². The number of rotatable bonds is 7. The number of benzene rings is 3. The van der Waals surface area contributed by atoms with Gasteiger partial charge in [-0.1, -0.05) is 48.5 Å². The van der Waals surface area contributed by atoms with Crippen molar-refractivity contribution in [2.45, 2.75) is 11.5 Å². The van der Waals surface area contributed by atoms with Gasteiger partial charge >= 0.3 is 0 Å². The van der Waals surface area contributed by atoms with Gasteiger partial charge in [0.25, 0.3) is 0 Å². The van der Waals surface area contributed by atoms with Crippen LogP contribution in [0, 0.1) is 0 Å². The van der Waals surface area contributed by atoms with Gasteiger partial charge < -0.3 is 10.1 Å². The molecule has 0 saturated carbocycles. The number of nitrogens with one attached hydrogen (secondary N) is 1. The van der Waals surface area contributed by atoms with Crippen molar-refractivity contribution in [3.05, 3.63) is 96.1 Å². The lowest BCUT2D eigenvalue weighted by molar-refractivity contribution is -0.111. The average molecular weight is 375 g/mol. The lowest BCUT2D eigenvalue weighted by Crippen LogP contribution is -2.07.